The van der Waals surface area contributed by atoms with Crippen molar-refractivity contribution in [3.63, 3.8) is 0 Å². The van der Waals surface area contributed by atoms with Gasteiger partial charge in [0.15, 0.2) is 5.82 Å². The van der Waals surface area contributed by atoms with E-state index in [9.17, 15) is 15.2 Å². The Morgan fingerprint density at radius 1 is 1.20 bits per heavy atom. The van der Waals surface area contributed by atoms with Crippen molar-refractivity contribution in [3.8, 4) is 29.0 Å². The number of nitrogens with zero attached hydrogens (tertiary/aromatic N) is 6. The van der Waals surface area contributed by atoms with Crippen LogP contribution in [0.25, 0.3) is 32.8 Å². The standard InChI is InChI=1S/C34H34ClFN6O3/c1-4-29(44)42-12-11-41(18-23(42)9-10-37)33-27-15-28(35)30(26-14-24(43)13-21-7-5-6-8-25(21)26)31(36)32(27)38-34(39-33)45-19-22-17-40(3)16-20(22)2/h4-8,13-15,20,22-23,43H,1,9,11-12,16-19H2,2-3H3/t20?,22?,23-/m0/s1. The maximum absolute atomic E-state index is 16.8. The second-order valence-corrected chi connectivity index (χ2v) is 12.4. The van der Waals surface area contributed by atoms with Gasteiger partial charge in [-0.3, -0.25) is 4.79 Å². The molecule has 1 amide bonds. The van der Waals surface area contributed by atoms with Gasteiger partial charge < -0.3 is 24.5 Å². The number of likely N-dealkylation sites (tertiary alicyclic amines) is 1. The molecule has 0 radical (unpaired) electrons. The highest BCUT2D eigenvalue weighted by Gasteiger charge is 2.33. The number of benzene rings is 3. The number of carbonyl (C=O) groups excluding carboxylic acids is 1. The van der Waals surface area contributed by atoms with Crippen molar-refractivity contribution < 1.29 is 19.0 Å². The SMILES string of the molecule is C=CC(=O)N1CCN(c2nc(OCC3CN(C)CC3C)nc3c(F)c(-c4cc(O)cc5ccccc45)c(Cl)cc23)C[C@@H]1CC#N. The number of phenols is 1. The number of ether oxygens (including phenoxy) is 1. The molecule has 9 nitrogen and oxygen atoms in total. The first-order valence-electron chi connectivity index (χ1n) is 15.0. The zero-order valence-corrected chi connectivity index (χ0v) is 26.0. The third-order valence-corrected chi connectivity index (χ3v) is 9.20. The summed E-state index contributed by atoms with van der Waals surface area (Å²) >= 11 is 6.85. The number of hydrogen-bond donors (Lipinski definition) is 1. The Balaban J connectivity index is 1.49. The van der Waals surface area contributed by atoms with Crippen LogP contribution in [0.2, 0.25) is 5.02 Å². The Kier molecular flexibility index (Phi) is 8.49. The number of fused-ring (bicyclic) bond motifs is 2. The molecule has 45 heavy (non-hydrogen) atoms. The maximum atomic E-state index is 16.8. The second kappa shape index (κ2) is 12.5. The quantitative estimate of drug-likeness (QED) is 0.262. The maximum Gasteiger partial charge on any atom is 0.319 e. The number of phenolic OH excluding ortho intramolecular Hbond substituents is 1. The van der Waals surface area contributed by atoms with Gasteiger partial charge >= 0.3 is 6.01 Å². The smallest absolute Gasteiger partial charge is 0.319 e. The molecular weight excluding hydrogens is 595 g/mol. The molecule has 3 aromatic carbocycles. The van der Waals surface area contributed by atoms with Gasteiger partial charge in [-0.05, 0) is 53.6 Å². The Hall–Kier alpha value is -4.46. The number of halogens is 2. The Bertz CT molecular complexity index is 1850. The van der Waals surface area contributed by atoms with Gasteiger partial charge in [0.05, 0.1) is 30.2 Å². The van der Waals surface area contributed by atoms with Gasteiger partial charge in [-0.15, -0.1) is 0 Å². The molecule has 0 aliphatic carbocycles. The molecule has 2 aliphatic rings. The first kappa shape index (κ1) is 30.6. The fourth-order valence-corrected chi connectivity index (χ4v) is 6.94. The van der Waals surface area contributed by atoms with Crippen molar-refractivity contribution in [1.82, 2.24) is 19.8 Å². The summed E-state index contributed by atoms with van der Waals surface area (Å²) in [7, 11) is 2.07. The summed E-state index contributed by atoms with van der Waals surface area (Å²) in [4.78, 5) is 27.7. The number of nitriles is 1. The van der Waals surface area contributed by atoms with Gasteiger partial charge in [0.2, 0.25) is 5.91 Å². The predicted octanol–water partition coefficient (Wildman–Crippen LogP) is 5.64. The average Bonchev–Trinajstić information content (AvgIpc) is 3.35. The van der Waals surface area contributed by atoms with Crippen molar-refractivity contribution in [1.29, 1.82) is 5.26 Å². The number of aromatic hydroxyl groups is 1. The van der Waals surface area contributed by atoms with Gasteiger partial charge in [0.1, 0.15) is 17.1 Å². The zero-order chi connectivity index (χ0) is 31.8. The molecule has 3 atom stereocenters. The lowest BCUT2D eigenvalue weighted by Crippen LogP contribution is -2.55. The first-order chi connectivity index (χ1) is 21.7. The van der Waals surface area contributed by atoms with Crippen LogP contribution in [-0.4, -0.2) is 83.2 Å². The van der Waals surface area contributed by atoms with Crippen molar-refractivity contribution in [2.75, 3.05) is 51.3 Å². The second-order valence-electron chi connectivity index (χ2n) is 12.0. The van der Waals surface area contributed by atoms with Crippen LogP contribution in [0.4, 0.5) is 10.2 Å². The zero-order valence-electron chi connectivity index (χ0n) is 25.2. The topological polar surface area (TPSA) is 106 Å². The van der Waals surface area contributed by atoms with E-state index in [2.05, 4.69) is 36.5 Å². The molecule has 232 valence electrons. The minimum absolute atomic E-state index is 0.0159. The molecule has 2 aliphatic heterocycles. The van der Waals surface area contributed by atoms with Crippen LogP contribution in [0.3, 0.4) is 0 Å². The monoisotopic (exact) mass is 628 g/mol. The van der Waals surface area contributed by atoms with Crippen LogP contribution in [0.15, 0.2) is 55.1 Å². The minimum atomic E-state index is -0.662. The van der Waals surface area contributed by atoms with Crippen LogP contribution in [0.5, 0.6) is 11.8 Å². The predicted molar refractivity (Wildman–Crippen MR) is 173 cm³/mol. The van der Waals surface area contributed by atoms with E-state index in [-0.39, 0.29) is 46.1 Å². The van der Waals surface area contributed by atoms with Gasteiger partial charge in [-0.2, -0.15) is 15.2 Å². The molecule has 6 rings (SSSR count). The summed E-state index contributed by atoms with van der Waals surface area (Å²) in [6.45, 7) is 8.98. The lowest BCUT2D eigenvalue weighted by Gasteiger charge is -2.41. The summed E-state index contributed by atoms with van der Waals surface area (Å²) in [6.07, 6.45) is 1.36. The third kappa shape index (κ3) is 5.86. The molecule has 1 N–H and O–H groups in total. The summed E-state index contributed by atoms with van der Waals surface area (Å²) in [5.74, 6) is 0.156. The molecule has 0 saturated carbocycles. The fraction of sp³-hybridized carbons (Fsp3) is 0.353. The Morgan fingerprint density at radius 2 is 2.00 bits per heavy atom. The molecule has 3 heterocycles. The van der Waals surface area contributed by atoms with Gasteiger partial charge in [0, 0.05) is 49.6 Å². The van der Waals surface area contributed by atoms with E-state index in [1.807, 2.05) is 29.2 Å². The molecule has 2 unspecified atom stereocenters. The highest BCUT2D eigenvalue weighted by molar-refractivity contribution is 6.35. The average molecular weight is 629 g/mol. The minimum Gasteiger partial charge on any atom is -0.508 e. The van der Waals surface area contributed by atoms with Crippen LogP contribution in [0.1, 0.15) is 13.3 Å². The Labute approximate surface area is 266 Å². The van der Waals surface area contributed by atoms with E-state index in [1.54, 1.807) is 17.0 Å². The molecule has 0 spiro atoms. The lowest BCUT2D eigenvalue weighted by molar-refractivity contribution is -0.128. The number of anilines is 1. The third-order valence-electron chi connectivity index (χ3n) is 8.90. The van der Waals surface area contributed by atoms with Crippen molar-refractivity contribution >= 4 is 45.0 Å². The molecule has 1 aromatic heterocycles. The Morgan fingerprint density at radius 3 is 2.73 bits per heavy atom. The number of amides is 1. The highest BCUT2D eigenvalue weighted by Crippen LogP contribution is 2.42. The van der Waals surface area contributed by atoms with E-state index in [0.717, 1.165) is 23.9 Å². The van der Waals surface area contributed by atoms with Crippen molar-refractivity contribution in [3.05, 3.63) is 66.0 Å². The van der Waals surface area contributed by atoms with Crippen LogP contribution in [-0.2, 0) is 4.79 Å². The van der Waals surface area contributed by atoms with E-state index in [1.165, 1.54) is 12.1 Å². The number of aromatic nitrogens is 2. The van der Waals surface area contributed by atoms with Crippen LogP contribution >= 0.6 is 11.6 Å². The summed E-state index contributed by atoms with van der Waals surface area (Å²) in [6, 6.07) is 13.9. The number of hydrogen-bond acceptors (Lipinski definition) is 8. The largest absolute Gasteiger partial charge is 0.508 e. The molecule has 11 heteroatoms. The van der Waals surface area contributed by atoms with E-state index in [4.69, 9.17) is 21.3 Å². The van der Waals surface area contributed by atoms with Gasteiger partial charge in [-0.25, -0.2) is 4.39 Å². The van der Waals surface area contributed by atoms with Gasteiger partial charge in [0.25, 0.3) is 0 Å². The fourth-order valence-electron chi connectivity index (χ4n) is 6.64. The van der Waals surface area contributed by atoms with Crippen LogP contribution < -0.4 is 9.64 Å². The van der Waals surface area contributed by atoms with Crippen LogP contribution in [0, 0.1) is 29.0 Å². The van der Waals surface area contributed by atoms with E-state index < -0.39 is 11.9 Å². The number of rotatable bonds is 7. The van der Waals surface area contributed by atoms with Crippen molar-refractivity contribution in [2.45, 2.75) is 19.4 Å². The summed E-state index contributed by atoms with van der Waals surface area (Å²) in [5, 5.41) is 22.0. The van der Waals surface area contributed by atoms with E-state index in [0.29, 0.717) is 48.9 Å². The lowest BCUT2D eigenvalue weighted by atomic mass is 9.96. The van der Waals surface area contributed by atoms with Gasteiger partial charge in [-0.1, -0.05) is 49.4 Å². The molecular formula is C34H34ClFN6O3. The molecule has 2 fully saturated rings. The molecule has 2 saturated heterocycles. The van der Waals surface area contributed by atoms with Crippen molar-refractivity contribution in [2.24, 2.45) is 11.8 Å². The van der Waals surface area contributed by atoms with E-state index >= 15 is 4.39 Å². The summed E-state index contributed by atoms with van der Waals surface area (Å²) < 4.78 is 23.0. The molecule has 0 bridgehead atoms. The summed E-state index contributed by atoms with van der Waals surface area (Å²) in [5.41, 5.74) is 0.576. The highest BCUT2D eigenvalue weighted by atomic mass is 35.5. The number of carbonyl (C=O) groups is 1. The normalized spacial score (nSPS) is 20.5. The molecule has 4 aromatic rings. The first-order valence-corrected chi connectivity index (χ1v) is 15.3. The number of piperazine rings is 1.